The van der Waals surface area contributed by atoms with Gasteiger partial charge in [-0.05, 0) is 34.6 Å². The molecule has 3 rings (SSSR count). The molecule has 0 aliphatic carbocycles. The van der Waals surface area contributed by atoms with Gasteiger partial charge in [0.25, 0.3) is 10.1 Å². The van der Waals surface area contributed by atoms with E-state index in [4.69, 9.17) is 4.55 Å². The number of nitrogens with zero attached hydrogens (tertiary/aromatic N) is 2. The van der Waals surface area contributed by atoms with Crippen LogP contribution in [0, 0.1) is 0 Å². The van der Waals surface area contributed by atoms with Gasteiger partial charge >= 0.3 is 0 Å². The minimum Gasteiger partial charge on any atom is -0.282 e. The smallest absolute Gasteiger partial charge is 0.282 e. The van der Waals surface area contributed by atoms with E-state index in [0.29, 0.717) is 10.4 Å². The first-order chi connectivity index (χ1) is 9.55. The lowest BCUT2D eigenvalue weighted by atomic mass is 10.3. The Labute approximate surface area is 118 Å². The van der Waals surface area contributed by atoms with Gasteiger partial charge in [0.15, 0.2) is 11.0 Å². The summed E-state index contributed by atoms with van der Waals surface area (Å²) in [5, 5.41) is 7.26. The SMILES string of the molecule is O=S(=O)(O)c1ccc(Sc2ccccc2)c2nonc12. The molecule has 0 radical (unpaired) electrons. The maximum Gasteiger partial charge on any atom is 0.296 e. The van der Waals surface area contributed by atoms with Crippen molar-refractivity contribution in [2.75, 3.05) is 0 Å². The van der Waals surface area contributed by atoms with Crippen LogP contribution in [0.5, 0.6) is 0 Å². The summed E-state index contributed by atoms with van der Waals surface area (Å²) in [5.74, 6) is 0. The Hall–Kier alpha value is -1.90. The van der Waals surface area contributed by atoms with Crippen molar-refractivity contribution in [2.24, 2.45) is 0 Å². The van der Waals surface area contributed by atoms with Gasteiger partial charge in [0.05, 0.1) is 0 Å². The van der Waals surface area contributed by atoms with Crippen molar-refractivity contribution >= 4 is 32.9 Å². The average molecular weight is 308 g/mol. The largest absolute Gasteiger partial charge is 0.296 e. The Morgan fingerprint density at radius 2 is 1.70 bits per heavy atom. The van der Waals surface area contributed by atoms with E-state index in [1.165, 1.54) is 17.8 Å². The molecule has 0 spiro atoms. The van der Waals surface area contributed by atoms with E-state index in [0.717, 1.165) is 4.90 Å². The summed E-state index contributed by atoms with van der Waals surface area (Å²) in [4.78, 5) is 1.35. The fourth-order valence-corrected chi connectivity index (χ4v) is 3.26. The third-order valence-corrected chi connectivity index (χ3v) is 4.53. The molecule has 0 bridgehead atoms. The highest BCUT2D eigenvalue weighted by Crippen LogP contribution is 2.34. The van der Waals surface area contributed by atoms with Gasteiger partial charge in [-0.1, -0.05) is 30.0 Å². The fraction of sp³-hybridized carbons (Fsp3) is 0. The molecule has 20 heavy (non-hydrogen) atoms. The Balaban J connectivity index is 2.13. The Bertz CT molecular complexity index is 860. The zero-order chi connectivity index (χ0) is 14.2. The number of fused-ring (bicyclic) bond motifs is 1. The highest BCUT2D eigenvalue weighted by molar-refractivity contribution is 7.99. The van der Waals surface area contributed by atoms with Crippen LogP contribution in [0.4, 0.5) is 0 Å². The van der Waals surface area contributed by atoms with Crippen LogP contribution in [0.2, 0.25) is 0 Å². The van der Waals surface area contributed by atoms with Gasteiger partial charge in [0, 0.05) is 9.79 Å². The molecule has 0 unspecified atom stereocenters. The van der Waals surface area contributed by atoms with Crippen LogP contribution in [0.3, 0.4) is 0 Å². The molecule has 102 valence electrons. The summed E-state index contributed by atoms with van der Waals surface area (Å²) in [7, 11) is -4.36. The van der Waals surface area contributed by atoms with Crippen LogP contribution in [0.1, 0.15) is 0 Å². The van der Waals surface area contributed by atoms with Crippen LogP contribution in [0.15, 0.2) is 61.8 Å². The Morgan fingerprint density at radius 3 is 2.40 bits per heavy atom. The molecular weight excluding hydrogens is 300 g/mol. The van der Waals surface area contributed by atoms with Crippen molar-refractivity contribution in [1.29, 1.82) is 0 Å². The highest BCUT2D eigenvalue weighted by Gasteiger charge is 2.20. The van der Waals surface area contributed by atoms with Gasteiger partial charge in [-0.3, -0.25) is 4.55 Å². The van der Waals surface area contributed by atoms with Crippen molar-refractivity contribution in [3.8, 4) is 0 Å². The summed E-state index contributed by atoms with van der Waals surface area (Å²) < 4.78 is 36.2. The third kappa shape index (κ3) is 2.40. The zero-order valence-electron chi connectivity index (χ0n) is 9.92. The molecule has 3 aromatic rings. The van der Waals surface area contributed by atoms with Crippen molar-refractivity contribution in [2.45, 2.75) is 14.7 Å². The molecule has 0 aliphatic rings. The number of rotatable bonds is 3. The third-order valence-electron chi connectivity index (χ3n) is 2.59. The predicted octanol–water partition coefficient (Wildman–Crippen LogP) is 2.62. The van der Waals surface area contributed by atoms with Crippen LogP contribution < -0.4 is 0 Å². The van der Waals surface area contributed by atoms with Gasteiger partial charge in [0.2, 0.25) is 0 Å². The molecule has 1 N–H and O–H groups in total. The van der Waals surface area contributed by atoms with Crippen LogP contribution >= 0.6 is 11.8 Å². The van der Waals surface area contributed by atoms with Gasteiger partial charge in [-0.2, -0.15) is 8.42 Å². The topological polar surface area (TPSA) is 93.3 Å². The van der Waals surface area contributed by atoms with Crippen LogP contribution in [-0.4, -0.2) is 23.3 Å². The van der Waals surface area contributed by atoms with E-state index < -0.39 is 10.1 Å². The van der Waals surface area contributed by atoms with E-state index in [1.54, 1.807) is 6.07 Å². The second-order valence-electron chi connectivity index (χ2n) is 3.91. The Morgan fingerprint density at radius 1 is 1.00 bits per heavy atom. The minimum atomic E-state index is -4.36. The Kier molecular flexibility index (Phi) is 3.20. The van der Waals surface area contributed by atoms with Gasteiger partial charge in [-0.15, -0.1) is 0 Å². The molecule has 8 heteroatoms. The number of hydrogen-bond acceptors (Lipinski definition) is 6. The molecule has 0 saturated heterocycles. The fourth-order valence-electron chi connectivity index (χ4n) is 1.73. The van der Waals surface area contributed by atoms with Crippen molar-refractivity contribution in [1.82, 2.24) is 10.3 Å². The molecule has 0 saturated carbocycles. The highest BCUT2D eigenvalue weighted by atomic mass is 32.2. The van der Waals surface area contributed by atoms with Gasteiger partial charge < -0.3 is 0 Å². The molecule has 0 fully saturated rings. The first-order valence-corrected chi connectivity index (χ1v) is 7.77. The van der Waals surface area contributed by atoms with Crippen molar-refractivity contribution in [3.05, 3.63) is 42.5 Å². The maximum absolute atomic E-state index is 11.3. The van der Waals surface area contributed by atoms with Gasteiger partial charge in [0.1, 0.15) is 4.90 Å². The normalized spacial score (nSPS) is 11.8. The molecule has 6 nitrogen and oxygen atoms in total. The second kappa shape index (κ2) is 4.89. The van der Waals surface area contributed by atoms with E-state index in [1.807, 2.05) is 30.3 Å². The van der Waals surface area contributed by atoms with Crippen LogP contribution in [-0.2, 0) is 10.1 Å². The first kappa shape index (κ1) is 13.1. The molecule has 1 aromatic heterocycles. The van der Waals surface area contributed by atoms with E-state index in [9.17, 15) is 8.42 Å². The summed E-state index contributed by atoms with van der Waals surface area (Å²) >= 11 is 1.40. The number of hydrogen-bond donors (Lipinski definition) is 1. The second-order valence-corrected chi connectivity index (χ2v) is 6.42. The van der Waals surface area contributed by atoms with Gasteiger partial charge in [-0.25, -0.2) is 4.63 Å². The quantitative estimate of drug-likeness (QED) is 0.743. The molecule has 0 aliphatic heterocycles. The van der Waals surface area contributed by atoms with E-state index in [2.05, 4.69) is 14.9 Å². The van der Waals surface area contributed by atoms with Crippen molar-refractivity contribution < 1.29 is 17.6 Å². The number of aromatic nitrogens is 2. The summed E-state index contributed by atoms with van der Waals surface area (Å²) in [6.07, 6.45) is 0. The summed E-state index contributed by atoms with van der Waals surface area (Å²) in [6.45, 7) is 0. The summed E-state index contributed by atoms with van der Waals surface area (Å²) in [5.41, 5.74) is 0.322. The molecule has 2 aromatic carbocycles. The molecule has 0 atom stereocenters. The molecule has 1 heterocycles. The standard InChI is InChI=1S/C12H8N2O4S2/c15-20(16,17)10-7-6-9(11-12(10)14-18-13-11)19-8-4-2-1-3-5-8/h1-7H,(H,15,16,17). The lowest BCUT2D eigenvalue weighted by molar-refractivity contribution is 0.314. The monoisotopic (exact) mass is 308 g/mol. The predicted molar refractivity (Wildman–Crippen MR) is 72.2 cm³/mol. The minimum absolute atomic E-state index is 0.0217. The maximum atomic E-state index is 11.3. The van der Waals surface area contributed by atoms with Crippen molar-refractivity contribution in [3.63, 3.8) is 0 Å². The molecular formula is C12H8N2O4S2. The first-order valence-electron chi connectivity index (χ1n) is 5.51. The average Bonchev–Trinajstić information content (AvgIpc) is 2.88. The summed E-state index contributed by atoms with van der Waals surface area (Å²) in [6, 6.07) is 12.4. The molecule has 0 amide bonds. The zero-order valence-corrected chi connectivity index (χ0v) is 11.6. The lowest BCUT2D eigenvalue weighted by Crippen LogP contribution is -1.99. The van der Waals surface area contributed by atoms with E-state index >= 15 is 0 Å². The van der Waals surface area contributed by atoms with E-state index in [-0.39, 0.29) is 10.4 Å². The number of benzene rings is 2. The lowest BCUT2D eigenvalue weighted by Gasteiger charge is -2.03. The van der Waals surface area contributed by atoms with Crippen LogP contribution in [0.25, 0.3) is 11.0 Å².